The predicted molar refractivity (Wildman–Crippen MR) is 97.9 cm³/mol. The molecule has 3 rings (SSSR count). The summed E-state index contributed by atoms with van der Waals surface area (Å²) in [5.41, 5.74) is 1.59. The monoisotopic (exact) mass is 391 g/mol. The van der Waals surface area contributed by atoms with Gasteiger partial charge in [-0.3, -0.25) is 9.69 Å². The summed E-state index contributed by atoms with van der Waals surface area (Å²) in [5.74, 6) is 0.00297. The van der Waals surface area contributed by atoms with Gasteiger partial charge in [0.1, 0.15) is 5.75 Å². The number of halogens is 1. The number of nitrogens with zero attached hydrogens (tertiary/aromatic N) is 1. The van der Waals surface area contributed by atoms with Gasteiger partial charge in [-0.1, -0.05) is 52.0 Å². The first-order valence-corrected chi connectivity index (χ1v) is 8.39. The van der Waals surface area contributed by atoms with Crippen molar-refractivity contribution in [2.75, 3.05) is 4.90 Å². The van der Waals surface area contributed by atoms with Crippen LogP contribution in [0.15, 0.2) is 57.9 Å². The SMILES string of the molecule is O=C1C(=Cc2ccc(Br)cc2)SC(=S)N1c1ccc(O)cc1. The van der Waals surface area contributed by atoms with Gasteiger partial charge in [0.15, 0.2) is 4.32 Å². The molecule has 0 aromatic heterocycles. The van der Waals surface area contributed by atoms with Crippen molar-refractivity contribution < 1.29 is 9.90 Å². The molecule has 0 spiro atoms. The van der Waals surface area contributed by atoms with E-state index in [-0.39, 0.29) is 11.7 Å². The molecule has 6 heteroatoms. The zero-order chi connectivity index (χ0) is 15.7. The molecule has 110 valence electrons. The molecule has 1 heterocycles. The summed E-state index contributed by atoms with van der Waals surface area (Å²) in [4.78, 5) is 14.6. The average Bonchev–Trinajstić information content (AvgIpc) is 2.77. The third-order valence-electron chi connectivity index (χ3n) is 3.07. The molecule has 0 atom stereocenters. The van der Waals surface area contributed by atoms with Crippen molar-refractivity contribution in [2.45, 2.75) is 0 Å². The summed E-state index contributed by atoms with van der Waals surface area (Å²) in [5, 5.41) is 9.34. The van der Waals surface area contributed by atoms with Crippen LogP contribution in [0.4, 0.5) is 5.69 Å². The number of aromatic hydroxyl groups is 1. The van der Waals surface area contributed by atoms with Gasteiger partial charge in [0.05, 0.1) is 10.6 Å². The minimum atomic E-state index is -0.149. The molecule has 3 nitrogen and oxygen atoms in total. The summed E-state index contributed by atoms with van der Waals surface area (Å²) < 4.78 is 1.47. The molecule has 1 aliphatic rings. The van der Waals surface area contributed by atoms with Gasteiger partial charge in [-0.25, -0.2) is 0 Å². The summed E-state index contributed by atoms with van der Waals surface area (Å²) in [6.07, 6.45) is 1.83. The summed E-state index contributed by atoms with van der Waals surface area (Å²) in [7, 11) is 0. The molecule has 0 saturated carbocycles. The van der Waals surface area contributed by atoms with E-state index < -0.39 is 0 Å². The van der Waals surface area contributed by atoms with Gasteiger partial charge < -0.3 is 5.11 Å². The highest BCUT2D eigenvalue weighted by Gasteiger charge is 2.33. The predicted octanol–water partition coefficient (Wildman–Crippen LogP) is 4.56. The number of carbonyl (C=O) groups excluding carboxylic acids is 1. The minimum absolute atomic E-state index is 0.149. The molecule has 1 fully saturated rings. The van der Waals surface area contributed by atoms with E-state index in [1.54, 1.807) is 12.1 Å². The van der Waals surface area contributed by atoms with E-state index in [1.165, 1.54) is 28.8 Å². The minimum Gasteiger partial charge on any atom is -0.508 e. The van der Waals surface area contributed by atoms with Crippen molar-refractivity contribution in [3.63, 3.8) is 0 Å². The average molecular weight is 392 g/mol. The van der Waals surface area contributed by atoms with E-state index in [4.69, 9.17) is 12.2 Å². The van der Waals surface area contributed by atoms with Crippen LogP contribution in [0.1, 0.15) is 5.56 Å². The van der Waals surface area contributed by atoms with Gasteiger partial charge in [-0.2, -0.15) is 0 Å². The molecule has 0 unspecified atom stereocenters. The molecule has 0 aliphatic carbocycles. The maximum absolute atomic E-state index is 12.6. The lowest BCUT2D eigenvalue weighted by Crippen LogP contribution is -2.27. The number of carbonyl (C=O) groups is 1. The van der Waals surface area contributed by atoms with Gasteiger partial charge in [0.25, 0.3) is 5.91 Å². The number of amides is 1. The Kier molecular flexibility index (Phi) is 4.33. The second-order valence-electron chi connectivity index (χ2n) is 4.59. The molecule has 1 aliphatic heterocycles. The third kappa shape index (κ3) is 3.09. The number of rotatable bonds is 2. The Bertz CT molecular complexity index is 770. The Morgan fingerprint density at radius 3 is 2.36 bits per heavy atom. The highest BCUT2D eigenvalue weighted by Crippen LogP contribution is 2.36. The molecule has 0 radical (unpaired) electrons. The number of thioether (sulfide) groups is 1. The van der Waals surface area contributed by atoms with Crippen LogP contribution in [0.5, 0.6) is 5.75 Å². The zero-order valence-corrected chi connectivity index (χ0v) is 14.4. The highest BCUT2D eigenvalue weighted by atomic mass is 79.9. The standard InChI is InChI=1S/C16H10BrNO2S2/c17-11-3-1-10(2-4-11)9-14-15(20)18(16(21)22-14)12-5-7-13(19)8-6-12/h1-9,19H. The number of phenolic OH excluding ortho intramolecular Hbond substituents is 1. The second-order valence-corrected chi connectivity index (χ2v) is 7.18. The largest absolute Gasteiger partial charge is 0.508 e. The van der Waals surface area contributed by atoms with E-state index in [9.17, 15) is 9.90 Å². The zero-order valence-electron chi connectivity index (χ0n) is 11.2. The smallest absolute Gasteiger partial charge is 0.270 e. The van der Waals surface area contributed by atoms with Crippen LogP contribution in [0.25, 0.3) is 6.08 Å². The number of phenols is 1. The fourth-order valence-corrected chi connectivity index (χ4v) is 3.57. The van der Waals surface area contributed by atoms with Crippen molar-refractivity contribution in [2.24, 2.45) is 0 Å². The van der Waals surface area contributed by atoms with E-state index in [1.807, 2.05) is 30.3 Å². The Morgan fingerprint density at radius 2 is 1.73 bits per heavy atom. The fourth-order valence-electron chi connectivity index (χ4n) is 2.00. The first kappa shape index (κ1) is 15.3. The number of hydrogen-bond donors (Lipinski definition) is 1. The van der Waals surface area contributed by atoms with E-state index in [0.717, 1.165) is 10.0 Å². The molecular weight excluding hydrogens is 382 g/mol. The molecule has 2 aromatic rings. The van der Waals surface area contributed by atoms with Crippen LogP contribution in [-0.2, 0) is 4.79 Å². The summed E-state index contributed by atoms with van der Waals surface area (Å²) in [6, 6.07) is 14.1. The van der Waals surface area contributed by atoms with Crippen molar-refractivity contribution in [1.29, 1.82) is 0 Å². The highest BCUT2D eigenvalue weighted by molar-refractivity contribution is 9.10. The second kappa shape index (κ2) is 6.24. The topological polar surface area (TPSA) is 40.5 Å². The van der Waals surface area contributed by atoms with E-state index >= 15 is 0 Å². The molecule has 1 saturated heterocycles. The van der Waals surface area contributed by atoms with Crippen molar-refractivity contribution in [3.05, 3.63) is 63.5 Å². The third-order valence-corrected chi connectivity index (χ3v) is 4.90. The summed E-state index contributed by atoms with van der Waals surface area (Å²) >= 11 is 9.96. The van der Waals surface area contributed by atoms with Crippen LogP contribution in [0.3, 0.4) is 0 Å². The molecule has 1 N–H and O–H groups in total. The Labute approximate surface area is 145 Å². The lowest BCUT2D eigenvalue weighted by atomic mass is 10.2. The molecule has 1 amide bonds. The Balaban J connectivity index is 1.91. The van der Waals surface area contributed by atoms with Crippen LogP contribution in [0, 0.1) is 0 Å². The first-order valence-electron chi connectivity index (χ1n) is 6.37. The molecule has 0 bridgehead atoms. The Morgan fingerprint density at radius 1 is 1.09 bits per heavy atom. The normalized spacial score (nSPS) is 16.6. The number of hydrogen-bond acceptors (Lipinski definition) is 4. The van der Waals surface area contributed by atoms with Crippen LogP contribution >= 0.6 is 39.9 Å². The number of anilines is 1. The maximum atomic E-state index is 12.6. The van der Waals surface area contributed by atoms with Crippen molar-refractivity contribution >= 4 is 61.9 Å². The quantitative estimate of drug-likeness (QED) is 0.601. The summed E-state index contributed by atoms with van der Waals surface area (Å²) in [6.45, 7) is 0. The van der Waals surface area contributed by atoms with Crippen molar-refractivity contribution in [3.8, 4) is 5.75 Å². The fraction of sp³-hybridized carbons (Fsp3) is 0. The number of benzene rings is 2. The van der Waals surface area contributed by atoms with Gasteiger partial charge >= 0.3 is 0 Å². The lowest BCUT2D eigenvalue weighted by molar-refractivity contribution is -0.113. The van der Waals surface area contributed by atoms with Crippen LogP contribution < -0.4 is 4.90 Å². The molecule has 2 aromatic carbocycles. The van der Waals surface area contributed by atoms with Gasteiger partial charge in [-0.05, 0) is 48.0 Å². The van der Waals surface area contributed by atoms with E-state index in [0.29, 0.717) is 14.9 Å². The maximum Gasteiger partial charge on any atom is 0.270 e. The Hall–Kier alpha value is -1.63. The van der Waals surface area contributed by atoms with Crippen LogP contribution in [-0.4, -0.2) is 15.3 Å². The molecular formula is C16H10BrNO2S2. The van der Waals surface area contributed by atoms with Gasteiger partial charge in [0.2, 0.25) is 0 Å². The van der Waals surface area contributed by atoms with Gasteiger partial charge in [0, 0.05) is 4.47 Å². The van der Waals surface area contributed by atoms with Crippen molar-refractivity contribution in [1.82, 2.24) is 0 Å². The van der Waals surface area contributed by atoms with E-state index in [2.05, 4.69) is 15.9 Å². The van der Waals surface area contributed by atoms with Crippen LogP contribution in [0.2, 0.25) is 0 Å². The lowest BCUT2D eigenvalue weighted by Gasteiger charge is -2.14. The first-order chi connectivity index (χ1) is 10.5. The van der Waals surface area contributed by atoms with Gasteiger partial charge in [-0.15, -0.1) is 0 Å². The number of thiocarbonyl (C=S) groups is 1. The molecule has 22 heavy (non-hydrogen) atoms.